The fraction of sp³-hybridized carbons (Fsp3) is 0.455. The number of carbonyl (C=O) groups excluding carboxylic acids is 1. The number of pyridine rings is 1. The summed E-state index contributed by atoms with van der Waals surface area (Å²) in [6.45, 7) is 1.68. The smallest absolute Gasteiger partial charge is 0.338 e. The van der Waals surface area contributed by atoms with Crippen LogP contribution >= 0.6 is 0 Å². The Hall–Kier alpha value is -1.76. The summed E-state index contributed by atoms with van der Waals surface area (Å²) in [6, 6.07) is 1.20. The highest BCUT2D eigenvalue weighted by atomic mass is 19.3. The maximum atomic E-state index is 13.0. The van der Waals surface area contributed by atoms with Gasteiger partial charge in [0, 0.05) is 6.54 Å². The van der Waals surface area contributed by atoms with E-state index >= 15 is 0 Å². The van der Waals surface area contributed by atoms with E-state index in [1.165, 1.54) is 13.2 Å². The number of esters is 1. The average Bonchev–Trinajstić information content (AvgIpc) is 2.36. The van der Waals surface area contributed by atoms with E-state index in [9.17, 15) is 13.6 Å². The Labute approximate surface area is 103 Å². The fourth-order valence-electron chi connectivity index (χ4n) is 1.43. The number of hydrogen-bond acceptors (Lipinski definition) is 5. The van der Waals surface area contributed by atoms with Crippen LogP contribution in [0.3, 0.4) is 0 Å². The van der Waals surface area contributed by atoms with Gasteiger partial charge in [-0.1, -0.05) is 0 Å². The Morgan fingerprint density at radius 1 is 1.56 bits per heavy atom. The highest BCUT2D eigenvalue weighted by Gasteiger charge is 2.26. The monoisotopic (exact) mass is 260 g/mol. The van der Waals surface area contributed by atoms with Crippen LogP contribution in [0.25, 0.3) is 0 Å². The molecule has 0 unspecified atom stereocenters. The molecule has 5 nitrogen and oxygen atoms in total. The van der Waals surface area contributed by atoms with Crippen LogP contribution in [-0.2, 0) is 11.3 Å². The maximum Gasteiger partial charge on any atom is 0.338 e. The molecule has 0 aliphatic rings. The van der Waals surface area contributed by atoms with Crippen molar-refractivity contribution >= 4 is 5.97 Å². The van der Waals surface area contributed by atoms with Crippen molar-refractivity contribution in [1.29, 1.82) is 0 Å². The molecule has 7 heteroatoms. The molecule has 0 aliphatic heterocycles. The second-order valence-electron chi connectivity index (χ2n) is 3.31. The summed E-state index contributed by atoms with van der Waals surface area (Å²) in [6.07, 6.45) is -2.89. The lowest BCUT2D eigenvalue weighted by atomic mass is 10.1. The average molecular weight is 260 g/mol. The van der Waals surface area contributed by atoms with Gasteiger partial charge in [0.05, 0.1) is 30.5 Å². The van der Waals surface area contributed by atoms with Crippen molar-refractivity contribution in [2.24, 2.45) is 5.73 Å². The zero-order valence-corrected chi connectivity index (χ0v) is 10.1. The molecule has 1 aromatic rings. The lowest BCUT2D eigenvalue weighted by Gasteiger charge is -2.13. The second-order valence-corrected chi connectivity index (χ2v) is 3.31. The van der Waals surface area contributed by atoms with Crippen LogP contribution in [-0.4, -0.2) is 24.7 Å². The number of nitrogens with zero attached hydrogens (tertiary/aromatic N) is 1. The van der Waals surface area contributed by atoms with Gasteiger partial charge in [-0.25, -0.2) is 18.6 Å². The summed E-state index contributed by atoms with van der Waals surface area (Å²) in [7, 11) is 1.20. The molecule has 0 atom stereocenters. The number of halogens is 2. The number of hydrogen-bond donors (Lipinski definition) is 1. The molecule has 0 amide bonds. The van der Waals surface area contributed by atoms with Gasteiger partial charge in [0.2, 0.25) is 5.88 Å². The van der Waals surface area contributed by atoms with Crippen molar-refractivity contribution in [2.75, 3.05) is 13.7 Å². The normalized spacial score (nSPS) is 10.6. The summed E-state index contributed by atoms with van der Waals surface area (Å²) in [4.78, 5) is 15.4. The zero-order chi connectivity index (χ0) is 13.7. The van der Waals surface area contributed by atoms with Crippen LogP contribution in [0.1, 0.15) is 35.0 Å². The van der Waals surface area contributed by atoms with E-state index in [0.29, 0.717) is 0 Å². The molecular weight excluding hydrogens is 246 g/mol. The minimum absolute atomic E-state index is 0.00623. The Balaban J connectivity index is 3.39. The topological polar surface area (TPSA) is 74.4 Å². The quantitative estimate of drug-likeness (QED) is 0.815. The van der Waals surface area contributed by atoms with E-state index in [1.807, 2.05) is 0 Å². The number of carbonyl (C=O) groups is 1. The highest BCUT2D eigenvalue weighted by molar-refractivity contribution is 5.92. The molecule has 2 N–H and O–H groups in total. The molecule has 100 valence electrons. The van der Waals surface area contributed by atoms with Gasteiger partial charge < -0.3 is 15.2 Å². The Morgan fingerprint density at radius 2 is 2.22 bits per heavy atom. The summed E-state index contributed by atoms with van der Waals surface area (Å²) >= 11 is 0. The lowest BCUT2D eigenvalue weighted by molar-refractivity contribution is 0.0513. The van der Waals surface area contributed by atoms with Crippen molar-refractivity contribution in [2.45, 2.75) is 19.9 Å². The Bertz CT molecular complexity index is 439. The first-order chi connectivity index (χ1) is 8.54. The first-order valence-corrected chi connectivity index (χ1v) is 5.28. The van der Waals surface area contributed by atoms with Crippen LogP contribution in [0.15, 0.2) is 6.07 Å². The first kappa shape index (κ1) is 14.3. The molecule has 0 saturated carbocycles. The van der Waals surface area contributed by atoms with Crippen LogP contribution in [0.5, 0.6) is 5.88 Å². The summed E-state index contributed by atoms with van der Waals surface area (Å²) in [5, 5.41) is 0. The molecule has 0 saturated heterocycles. The zero-order valence-electron chi connectivity index (χ0n) is 10.1. The Kier molecular flexibility index (Phi) is 4.96. The summed E-state index contributed by atoms with van der Waals surface area (Å²) < 4.78 is 35.4. The molecule has 18 heavy (non-hydrogen) atoms. The van der Waals surface area contributed by atoms with E-state index in [4.69, 9.17) is 15.2 Å². The molecule has 1 aromatic heterocycles. The van der Waals surface area contributed by atoms with Crippen molar-refractivity contribution in [1.82, 2.24) is 4.98 Å². The number of methoxy groups -OCH3 is 1. The van der Waals surface area contributed by atoms with Crippen LogP contribution in [0, 0.1) is 0 Å². The van der Waals surface area contributed by atoms with Crippen LogP contribution < -0.4 is 10.5 Å². The van der Waals surface area contributed by atoms with E-state index in [2.05, 4.69) is 4.98 Å². The van der Waals surface area contributed by atoms with E-state index < -0.39 is 18.0 Å². The van der Waals surface area contributed by atoms with Crippen LogP contribution in [0.2, 0.25) is 0 Å². The molecule has 0 bridgehead atoms. The van der Waals surface area contributed by atoms with Gasteiger partial charge in [0.1, 0.15) is 0 Å². The number of ether oxygens (including phenoxy) is 2. The maximum absolute atomic E-state index is 13.0. The van der Waals surface area contributed by atoms with Crippen molar-refractivity contribution in [3.8, 4) is 5.88 Å². The van der Waals surface area contributed by atoms with Gasteiger partial charge in [0.15, 0.2) is 0 Å². The second kappa shape index (κ2) is 6.25. The molecular formula is C11H14F2N2O3. The summed E-state index contributed by atoms with van der Waals surface area (Å²) in [5.41, 5.74) is 4.82. The van der Waals surface area contributed by atoms with Gasteiger partial charge >= 0.3 is 5.97 Å². The number of aromatic nitrogens is 1. The van der Waals surface area contributed by atoms with Crippen LogP contribution in [0.4, 0.5) is 8.78 Å². The first-order valence-electron chi connectivity index (χ1n) is 5.28. The van der Waals surface area contributed by atoms with Crippen molar-refractivity contribution in [3.05, 3.63) is 22.9 Å². The third-order valence-corrected chi connectivity index (χ3v) is 2.19. The predicted octanol–water partition coefficient (Wildman–Crippen LogP) is 1.66. The molecule has 1 heterocycles. The molecule has 0 fully saturated rings. The van der Waals surface area contributed by atoms with Crippen molar-refractivity contribution in [3.63, 3.8) is 0 Å². The van der Waals surface area contributed by atoms with Gasteiger partial charge in [0.25, 0.3) is 6.43 Å². The Morgan fingerprint density at radius 3 is 2.67 bits per heavy atom. The standard InChI is InChI=1S/C11H14F2N2O3/c1-3-18-11(16)7-4-6(5-14)15-10(17-2)8(7)9(12)13/h4,9H,3,5,14H2,1-2H3. The largest absolute Gasteiger partial charge is 0.481 e. The SMILES string of the molecule is CCOC(=O)c1cc(CN)nc(OC)c1C(F)F. The molecule has 0 aromatic carbocycles. The molecule has 1 rings (SSSR count). The van der Waals surface area contributed by atoms with E-state index in [0.717, 1.165) is 0 Å². The number of alkyl halides is 2. The van der Waals surface area contributed by atoms with E-state index in [-0.39, 0.29) is 30.3 Å². The lowest BCUT2D eigenvalue weighted by Crippen LogP contribution is -2.13. The number of nitrogens with two attached hydrogens (primary N) is 1. The van der Waals surface area contributed by atoms with Gasteiger partial charge in [-0.05, 0) is 13.0 Å². The van der Waals surface area contributed by atoms with E-state index in [1.54, 1.807) is 6.92 Å². The third kappa shape index (κ3) is 2.92. The fourth-order valence-corrected chi connectivity index (χ4v) is 1.43. The van der Waals surface area contributed by atoms with Gasteiger partial charge in [-0.15, -0.1) is 0 Å². The molecule has 0 spiro atoms. The molecule has 0 radical (unpaired) electrons. The highest BCUT2D eigenvalue weighted by Crippen LogP contribution is 2.31. The number of rotatable bonds is 5. The predicted molar refractivity (Wildman–Crippen MR) is 59.6 cm³/mol. The van der Waals surface area contributed by atoms with Gasteiger partial charge in [-0.2, -0.15) is 0 Å². The van der Waals surface area contributed by atoms with Gasteiger partial charge in [-0.3, -0.25) is 0 Å². The van der Waals surface area contributed by atoms with Crippen molar-refractivity contribution < 1.29 is 23.0 Å². The minimum Gasteiger partial charge on any atom is -0.481 e. The third-order valence-electron chi connectivity index (χ3n) is 2.19. The minimum atomic E-state index is -2.89. The molecule has 0 aliphatic carbocycles. The summed E-state index contributed by atoms with van der Waals surface area (Å²) in [5.74, 6) is -1.15.